The number of nitrogens with one attached hydrogen (secondary N) is 1. The van der Waals surface area contributed by atoms with Crippen molar-refractivity contribution in [2.45, 2.75) is 26.4 Å². The van der Waals surface area contributed by atoms with Crippen molar-refractivity contribution in [2.75, 3.05) is 20.1 Å². The molecular weight excluding hydrogens is 272 g/mol. The van der Waals surface area contributed by atoms with Crippen molar-refractivity contribution >= 4 is 27.3 Å². The number of hydrogen-bond acceptors (Lipinski definition) is 3. The van der Waals surface area contributed by atoms with Gasteiger partial charge in [0, 0.05) is 40.4 Å². The summed E-state index contributed by atoms with van der Waals surface area (Å²) in [5.74, 6) is 0. The van der Waals surface area contributed by atoms with Crippen molar-refractivity contribution in [3.8, 4) is 0 Å². The van der Waals surface area contributed by atoms with Crippen LogP contribution in [0.2, 0.25) is 0 Å². The molecule has 15 heavy (non-hydrogen) atoms. The summed E-state index contributed by atoms with van der Waals surface area (Å²) in [7, 11) is 2.16. The Morgan fingerprint density at radius 1 is 1.53 bits per heavy atom. The van der Waals surface area contributed by atoms with Crippen LogP contribution in [0.1, 0.15) is 18.7 Å². The summed E-state index contributed by atoms with van der Waals surface area (Å²) in [6.45, 7) is 7.56. The lowest BCUT2D eigenvalue weighted by atomic mass is 10.3. The van der Waals surface area contributed by atoms with Crippen molar-refractivity contribution in [1.29, 1.82) is 0 Å². The van der Waals surface area contributed by atoms with Crippen molar-refractivity contribution in [1.82, 2.24) is 10.2 Å². The fraction of sp³-hybridized carbons (Fsp3) is 0.636. The van der Waals surface area contributed by atoms with Gasteiger partial charge in [-0.1, -0.05) is 0 Å². The van der Waals surface area contributed by atoms with E-state index in [0.29, 0.717) is 6.04 Å². The summed E-state index contributed by atoms with van der Waals surface area (Å²) in [6, 6.07) is 2.80. The van der Waals surface area contributed by atoms with E-state index in [9.17, 15) is 0 Å². The highest BCUT2D eigenvalue weighted by atomic mass is 79.9. The van der Waals surface area contributed by atoms with Crippen molar-refractivity contribution < 1.29 is 0 Å². The van der Waals surface area contributed by atoms with Gasteiger partial charge in [0.1, 0.15) is 0 Å². The fourth-order valence-electron chi connectivity index (χ4n) is 1.17. The van der Waals surface area contributed by atoms with E-state index in [1.807, 2.05) is 0 Å². The molecule has 0 unspecified atom stereocenters. The molecule has 0 bridgehead atoms. The lowest BCUT2D eigenvalue weighted by Gasteiger charge is -2.20. The van der Waals surface area contributed by atoms with Crippen LogP contribution < -0.4 is 5.32 Å². The Kier molecular flexibility index (Phi) is 5.82. The first-order valence-electron chi connectivity index (χ1n) is 5.23. The van der Waals surface area contributed by atoms with E-state index >= 15 is 0 Å². The molecule has 0 aliphatic heterocycles. The molecule has 0 saturated carbocycles. The predicted molar refractivity (Wildman–Crippen MR) is 71.5 cm³/mol. The third kappa shape index (κ3) is 5.11. The smallest absolute Gasteiger partial charge is 0.0300 e. The summed E-state index contributed by atoms with van der Waals surface area (Å²) >= 11 is 5.25. The highest BCUT2D eigenvalue weighted by molar-refractivity contribution is 9.10. The Balaban J connectivity index is 2.12. The van der Waals surface area contributed by atoms with Crippen LogP contribution in [0.3, 0.4) is 0 Å². The van der Waals surface area contributed by atoms with E-state index in [2.05, 4.69) is 58.5 Å². The zero-order valence-electron chi connectivity index (χ0n) is 9.59. The lowest BCUT2D eigenvalue weighted by molar-refractivity contribution is 0.273. The van der Waals surface area contributed by atoms with Gasteiger partial charge in [-0.15, -0.1) is 11.3 Å². The minimum Gasteiger partial charge on any atom is -0.311 e. The number of likely N-dealkylation sites (N-methyl/N-ethyl adjacent to an activating group) is 1. The first kappa shape index (κ1) is 13.2. The number of hydrogen-bond donors (Lipinski definition) is 1. The van der Waals surface area contributed by atoms with Gasteiger partial charge in [0.05, 0.1) is 0 Å². The van der Waals surface area contributed by atoms with E-state index in [1.165, 1.54) is 9.35 Å². The van der Waals surface area contributed by atoms with E-state index in [4.69, 9.17) is 0 Å². The van der Waals surface area contributed by atoms with Gasteiger partial charge < -0.3 is 10.2 Å². The van der Waals surface area contributed by atoms with Crippen molar-refractivity contribution in [3.63, 3.8) is 0 Å². The molecule has 1 rings (SSSR count). The van der Waals surface area contributed by atoms with Gasteiger partial charge in [0.2, 0.25) is 0 Å². The molecule has 86 valence electrons. The van der Waals surface area contributed by atoms with Gasteiger partial charge in [-0.2, -0.15) is 0 Å². The first-order valence-corrected chi connectivity index (χ1v) is 6.90. The van der Waals surface area contributed by atoms with Crippen LogP contribution in [0.15, 0.2) is 15.9 Å². The Labute approximate surface area is 105 Å². The fourth-order valence-corrected chi connectivity index (χ4v) is 2.59. The van der Waals surface area contributed by atoms with Crippen LogP contribution in [-0.4, -0.2) is 31.1 Å². The highest BCUT2D eigenvalue weighted by Crippen LogP contribution is 2.19. The normalized spacial score (nSPS) is 11.6. The third-order valence-electron chi connectivity index (χ3n) is 2.44. The van der Waals surface area contributed by atoms with E-state index < -0.39 is 0 Å². The molecule has 0 radical (unpaired) electrons. The first-order chi connectivity index (χ1) is 7.09. The van der Waals surface area contributed by atoms with E-state index in [0.717, 1.165) is 19.6 Å². The van der Waals surface area contributed by atoms with Gasteiger partial charge >= 0.3 is 0 Å². The summed E-state index contributed by atoms with van der Waals surface area (Å²) < 4.78 is 1.18. The third-order valence-corrected chi connectivity index (χ3v) is 4.14. The number of rotatable bonds is 6. The molecule has 0 aliphatic carbocycles. The number of nitrogens with zero attached hydrogens (tertiary/aromatic N) is 1. The molecular formula is C11H19BrN2S. The molecule has 2 nitrogen and oxygen atoms in total. The minimum absolute atomic E-state index is 0.627. The summed E-state index contributed by atoms with van der Waals surface area (Å²) in [6.07, 6.45) is 0. The Morgan fingerprint density at radius 3 is 2.80 bits per heavy atom. The standard InChI is InChI=1S/C11H19BrN2S/c1-9(2)14(3)5-4-13-7-11-6-10(12)8-15-11/h6,8-9,13H,4-5,7H2,1-3H3. The van der Waals surface area contributed by atoms with E-state index in [1.54, 1.807) is 11.3 Å². The van der Waals surface area contributed by atoms with Crippen LogP contribution in [0, 0.1) is 0 Å². The molecule has 1 heterocycles. The average Bonchev–Trinajstić information content (AvgIpc) is 2.58. The molecule has 0 spiro atoms. The zero-order chi connectivity index (χ0) is 11.3. The zero-order valence-corrected chi connectivity index (χ0v) is 12.0. The highest BCUT2D eigenvalue weighted by Gasteiger charge is 2.02. The van der Waals surface area contributed by atoms with Gasteiger partial charge in [-0.3, -0.25) is 0 Å². The van der Waals surface area contributed by atoms with Crippen LogP contribution in [-0.2, 0) is 6.54 Å². The summed E-state index contributed by atoms with van der Waals surface area (Å²) in [5.41, 5.74) is 0. The summed E-state index contributed by atoms with van der Waals surface area (Å²) in [5, 5.41) is 5.57. The molecule has 1 aromatic heterocycles. The van der Waals surface area contributed by atoms with Gasteiger partial charge in [0.15, 0.2) is 0 Å². The minimum atomic E-state index is 0.627. The predicted octanol–water partition coefficient (Wildman–Crippen LogP) is 2.94. The van der Waals surface area contributed by atoms with E-state index in [-0.39, 0.29) is 0 Å². The molecule has 0 fully saturated rings. The average molecular weight is 291 g/mol. The van der Waals surface area contributed by atoms with Crippen molar-refractivity contribution in [2.24, 2.45) is 0 Å². The molecule has 0 amide bonds. The SMILES string of the molecule is CC(C)N(C)CCNCc1cc(Br)cs1. The number of halogens is 1. The maximum atomic E-state index is 3.46. The molecule has 0 atom stereocenters. The van der Waals surface area contributed by atoms with Gasteiger partial charge in [-0.25, -0.2) is 0 Å². The van der Waals surface area contributed by atoms with Crippen LogP contribution >= 0.6 is 27.3 Å². The maximum absolute atomic E-state index is 3.46. The second kappa shape index (κ2) is 6.63. The Bertz CT molecular complexity index is 286. The molecule has 1 aromatic rings. The second-order valence-electron chi connectivity index (χ2n) is 3.98. The quantitative estimate of drug-likeness (QED) is 0.811. The van der Waals surface area contributed by atoms with Crippen LogP contribution in [0.5, 0.6) is 0 Å². The molecule has 1 N–H and O–H groups in total. The Morgan fingerprint density at radius 2 is 2.27 bits per heavy atom. The maximum Gasteiger partial charge on any atom is 0.0300 e. The second-order valence-corrected chi connectivity index (χ2v) is 5.89. The molecule has 0 saturated heterocycles. The monoisotopic (exact) mass is 290 g/mol. The summed E-state index contributed by atoms with van der Waals surface area (Å²) in [4.78, 5) is 3.73. The Hall–Kier alpha value is 0.1000. The molecule has 0 aliphatic rings. The van der Waals surface area contributed by atoms with Gasteiger partial charge in [0.25, 0.3) is 0 Å². The molecule has 4 heteroatoms. The molecule has 0 aromatic carbocycles. The van der Waals surface area contributed by atoms with Crippen LogP contribution in [0.4, 0.5) is 0 Å². The van der Waals surface area contributed by atoms with Crippen molar-refractivity contribution in [3.05, 3.63) is 20.8 Å². The lowest BCUT2D eigenvalue weighted by Crippen LogP contribution is -2.33. The largest absolute Gasteiger partial charge is 0.311 e. The topological polar surface area (TPSA) is 15.3 Å². The van der Waals surface area contributed by atoms with Gasteiger partial charge in [-0.05, 0) is 42.9 Å². The van der Waals surface area contributed by atoms with Crippen LogP contribution in [0.25, 0.3) is 0 Å². The number of thiophene rings is 1.